The number of para-hydroxylation sites is 2. The standard InChI is InChI=1S/C20H15N7O3/c1-26-13-8-4-2-6-11(13)16-18(26)21-20(24-22-16)25-23-17-12-7-3-5-9-14(12)27(19(17)30)10-15(28)29/h2-9,30H,10H2,1H3,(H,28,29)/p-1. The number of carbonyl (C=O) groups is 1. The van der Waals surface area contributed by atoms with Crippen LogP contribution < -0.4 is 5.11 Å². The molecule has 148 valence electrons. The number of rotatable bonds is 4. The van der Waals surface area contributed by atoms with Crippen molar-refractivity contribution in [3.05, 3.63) is 48.5 Å². The molecule has 2 aromatic carbocycles. The molecule has 0 radical (unpaired) electrons. The Balaban J connectivity index is 1.62. The predicted molar refractivity (Wildman–Crippen MR) is 107 cm³/mol. The summed E-state index contributed by atoms with van der Waals surface area (Å²) in [5, 5.41) is 39.4. The lowest BCUT2D eigenvalue weighted by molar-refractivity contribution is -0.306. The van der Waals surface area contributed by atoms with Crippen LogP contribution in [0.25, 0.3) is 33.0 Å². The van der Waals surface area contributed by atoms with Crippen molar-refractivity contribution in [2.24, 2.45) is 17.3 Å². The van der Waals surface area contributed by atoms with Gasteiger partial charge in [0, 0.05) is 17.8 Å². The molecule has 0 atom stereocenters. The molecule has 3 aromatic heterocycles. The molecule has 0 aliphatic carbocycles. The third kappa shape index (κ3) is 2.65. The van der Waals surface area contributed by atoms with E-state index in [4.69, 9.17) is 0 Å². The number of azo groups is 1. The van der Waals surface area contributed by atoms with Gasteiger partial charge in [-0.15, -0.1) is 20.4 Å². The second kappa shape index (κ2) is 6.62. The smallest absolute Gasteiger partial charge is 0.289 e. The minimum Gasteiger partial charge on any atom is -0.548 e. The summed E-state index contributed by atoms with van der Waals surface area (Å²) in [6.45, 7) is -0.512. The monoisotopic (exact) mass is 400 g/mol. The van der Waals surface area contributed by atoms with Crippen molar-refractivity contribution in [1.29, 1.82) is 0 Å². The highest BCUT2D eigenvalue weighted by Crippen LogP contribution is 2.39. The van der Waals surface area contributed by atoms with Gasteiger partial charge < -0.3 is 24.1 Å². The van der Waals surface area contributed by atoms with E-state index in [9.17, 15) is 15.0 Å². The van der Waals surface area contributed by atoms with Gasteiger partial charge in [0.15, 0.2) is 11.3 Å². The van der Waals surface area contributed by atoms with Gasteiger partial charge in [-0.1, -0.05) is 36.4 Å². The molecule has 30 heavy (non-hydrogen) atoms. The van der Waals surface area contributed by atoms with Gasteiger partial charge in [-0.3, -0.25) is 0 Å². The van der Waals surface area contributed by atoms with Crippen molar-refractivity contribution >= 4 is 50.6 Å². The second-order valence-electron chi connectivity index (χ2n) is 6.71. The maximum absolute atomic E-state index is 11.1. The zero-order valence-electron chi connectivity index (χ0n) is 15.7. The third-order valence-corrected chi connectivity index (χ3v) is 4.94. The Kier molecular flexibility index (Phi) is 3.91. The molecule has 0 saturated carbocycles. The van der Waals surface area contributed by atoms with Gasteiger partial charge in [0.25, 0.3) is 5.95 Å². The largest absolute Gasteiger partial charge is 0.548 e. The number of carbonyl (C=O) groups excluding carboxylic acids is 1. The molecular formula is C20H14N7O3-. The summed E-state index contributed by atoms with van der Waals surface area (Å²) in [4.78, 5) is 15.5. The van der Waals surface area contributed by atoms with Crippen molar-refractivity contribution < 1.29 is 15.0 Å². The SMILES string of the molecule is Cn1c2ccccc2c2nnc(N=Nc3c(O)n(CC(=O)[O-])c4ccccc34)nc21. The molecule has 10 heteroatoms. The summed E-state index contributed by atoms with van der Waals surface area (Å²) >= 11 is 0. The molecule has 0 bridgehead atoms. The van der Waals surface area contributed by atoms with Gasteiger partial charge in [-0.25, -0.2) is 0 Å². The van der Waals surface area contributed by atoms with Gasteiger partial charge >= 0.3 is 0 Å². The number of aromatic nitrogens is 5. The molecule has 0 fully saturated rings. The molecule has 0 aliphatic rings. The van der Waals surface area contributed by atoms with Crippen LogP contribution in [0, 0.1) is 0 Å². The average molecular weight is 400 g/mol. The van der Waals surface area contributed by atoms with E-state index in [1.54, 1.807) is 24.3 Å². The molecule has 10 nitrogen and oxygen atoms in total. The molecule has 0 aliphatic heterocycles. The number of aliphatic carboxylic acids is 1. The molecule has 0 saturated heterocycles. The van der Waals surface area contributed by atoms with Gasteiger partial charge in [0.2, 0.25) is 5.88 Å². The van der Waals surface area contributed by atoms with E-state index in [2.05, 4.69) is 25.4 Å². The second-order valence-corrected chi connectivity index (χ2v) is 6.71. The average Bonchev–Trinajstić information content (AvgIpc) is 3.18. The minimum atomic E-state index is -1.33. The predicted octanol–water partition coefficient (Wildman–Crippen LogP) is 2.34. The molecule has 0 spiro atoms. The lowest BCUT2D eigenvalue weighted by Gasteiger charge is -2.06. The molecule has 3 heterocycles. The summed E-state index contributed by atoms with van der Waals surface area (Å²) in [6.07, 6.45) is 0. The number of fused-ring (bicyclic) bond motifs is 4. The number of aromatic hydroxyl groups is 1. The summed E-state index contributed by atoms with van der Waals surface area (Å²) in [5.41, 5.74) is 2.83. The molecule has 0 amide bonds. The lowest BCUT2D eigenvalue weighted by Crippen LogP contribution is -2.27. The summed E-state index contributed by atoms with van der Waals surface area (Å²) in [6, 6.07) is 14.6. The van der Waals surface area contributed by atoms with E-state index < -0.39 is 12.5 Å². The topological polar surface area (TPSA) is 134 Å². The van der Waals surface area contributed by atoms with Gasteiger partial charge in [-0.2, -0.15) is 4.98 Å². The molecule has 1 N–H and O–H groups in total. The van der Waals surface area contributed by atoms with Crippen molar-refractivity contribution in [2.75, 3.05) is 0 Å². The first-order chi connectivity index (χ1) is 14.5. The molecule has 5 aromatic rings. The first-order valence-electron chi connectivity index (χ1n) is 9.04. The lowest BCUT2D eigenvalue weighted by atomic mass is 10.2. The van der Waals surface area contributed by atoms with Crippen LogP contribution in [0.2, 0.25) is 0 Å². The van der Waals surface area contributed by atoms with Crippen molar-refractivity contribution in [1.82, 2.24) is 24.3 Å². The maximum atomic E-state index is 11.1. The number of hydrogen-bond donors (Lipinski definition) is 1. The van der Waals surface area contributed by atoms with E-state index in [1.807, 2.05) is 35.9 Å². The van der Waals surface area contributed by atoms with E-state index in [0.29, 0.717) is 22.1 Å². The van der Waals surface area contributed by atoms with Crippen molar-refractivity contribution in [3.8, 4) is 5.88 Å². The maximum Gasteiger partial charge on any atom is 0.289 e. The fourth-order valence-corrected chi connectivity index (χ4v) is 3.59. The van der Waals surface area contributed by atoms with Crippen LogP contribution in [0.15, 0.2) is 58.8 Å². The first kappa shape index (κ1) is 17.7. The van der Waals surface area contributed by atoms with E-state index in [-0.39, 0.29) is 17.5 Å². The Hall–Kier alpha value is -4.34. The zero-order valence-corrected chi connectivity index (χ0v) is 15.7. The van der Waals surface area contributed by atoms with Gasteiger partial charge in [-0.05, 0) is 12.1 Å². The van der Waals surface area contributed by atoms with Crippen molar-refractivity contribution in [3.63, 3.8) is 0 Å². The van der Waals surface area contributed by atoms with E-state index >= 15 is 0 Å². The number of nitrogens with zero attached hydrogens (tertiary/aromatic N) is 7. The summed E-state index contributed by atoms with van der Waals surface area (Å²) in [7, 11) is 1.87. The zero-order chi connectivity index (χ0) is 20.8. The Bertz CT molecular complexity index is 1480. The quantitative estimate of drug-likeness (QED) is 0.460. The van der Waals surface area contributed by atoms with Crippen LogP contribution in [0.5, 0.6) is 5.88 Å². The normalized spacial score (nSPS) is 11.9. The summed E-state index contributed by atoms with van der Waals surface area (Å²) < 4.78 is 3.09. The first-order valence-corrected chi connectivity index (χ1v) is 9.04. The summed E-state index contributed by atoms with van der Waals surface area (Å²) in [5.74, 6) is -1.64. The Labute approximate surface area is 168 Å². The fourth-order valence-electron chi connectivity index (χ4n) is 3.59. The van der Waals surface area contributed by atoms with Crippen LogP contribution in [0.1, 0.15) is 0 Å². The Morgan fingerprint density at radius 1 is 1.03 bits per heavy atom. The highest BCUT2D eigenvalue weighted by Gasteiger charge is 2.17. The number of benzene rings is 2. The molecule has 0 unspecified atom stereocenters. The van der Waals surface area contributed by atoms with E-state index in [0.717, 1.165) is 10.9 Å². The Morgan fingerprint density at radius 3 is 2.50 bits per heavy atom. The molecular weight excluding hydrogens is 386 g/mol. The van der Waals surface area contributed by atoms with Gasteiger partial charge in [0.1, 0.15) is 5.52 Å². The highest BCUT2D eigenvalue weighted by atomic mass is 16.4. The van der Waals surface area contributed by atoms with E-state index in [1.165, 1.54) is 4.57 Å². The number of aryl methyl sites for hydroxylation is 1. The van der Waals surface area contributed by atoms with Crippen LogP contribution in [-0.4, -0.2) is 35.4 Å². The van der Waals surface area contributed by atoms with Gasteiger partial charge in [0.05, 0.1) is 23.5 Å². The fraction of sp³-hybridized carbons (Fsp3) is 0.100. The number of carboxylic acids is 1. The van der Waals surface area contributed by atoms with Crippen LogP contribution >= 0.6 is 0 Å². The Morgan fingerprint density at radius 2 is 1.73 bits per heavy atom. The number of carboxylic acid groups (broad SMARTS) is 1. The van der Waals surface area contributed by atoms with Crippen LogP contribution in [0.4, 0.5) is 11.6 Å². The molecule has 5 rings (SSSR count). The third-order valence-electron chi connectivity index (χ3n) is 4.94. The number of hydrogen-bond acceptors (Lipinski definition) is 8. The van der Waals surface area contributed by atoms with Crippen LogP contribution in [-0.2, 0) is 18.4 Å². The van der Waals surface area contributed by atoms with Crippen molar-refractivity contribution in [2.45, 2.75) is 6.54 Å². The van der Waals surface area contributed by atoms with Crippen LogP contribution in [0.3, 0.4) is 0 Å². The highest BCUT2D eigenvalue weighted by molar-refractivity contribution is 6.04. The minimum absolute atomic E-state index is 0.0181.